The molecule has 364 valence electrons. The van der Waals surface area contributed by atoms with Crippen molar-refractivity contribution in [3.8, 4) is 0 Å². The summed E-state index contributed by atoms with van der Waals surface area (Å²) in [6.45, 7) is 6.49. The Labute approximate surface area is 390 Å². The predicted molar refractivity (Wildman–Crippen MR) is 270 cm³/mol. The number of rotatable bonds is 48. The van der Waals surface area contributed by atoms with E-state index >= 15 is 0 Å². The Kier molecular flexibility index (Phi) is 49.4. The monoisotopic (exact) mass is 881 g/mol. The number of carbonyl (C=O) groups is 3. The van der Waals surface area contributed by atoms with E-state index in [9.17, 15) is 14.4 Å². The van der Waals surface area contributed by atoms with Crippen LogP contribution in [0.15, 0.2) is 60.8 Å². The van der Waals surface area contributed by atoms with Gasteiger partial charge in [-0.15, -0.1) is 0 Å². The maximum absolute atomic E-state index is 12.8. The predicted octanol–water partition coefficient (Wildman–Crippen LogP) is 17.6. The van der Waals surface area contributed by atoms with Crippen molar-refractivity contribution >= 4 is 17.9 Å². The Hall–Kier alpha value is -2.89. The van der Waals surface area contributed by atoms with E-state index in [1.807, 2.05) is 0 Å². The van der Waals surface area contributed by atoms with E-state index in [1.165, 1.54) is 128 Å². The van der Waals surface area contributed by atoms with Crippen molar-refractivity contribution in [2.24, 2.45) is 0 Å². The van der Waals surface area contributed by atoms with E-state index in [1.54, 1.807) is 0 Å². The van der Waals surface area contributed by atoms with Crippen molar-refractivity contribution in [2.75, 3.05) is 13.2 Å². The van der Waals surface area contributed by atoms with Gasteiger partial charge in [-0.2, -0.15) is 0 Å². The summed E-state index contributed by atoms with van der Waals surface area (Å²) in [5.41, 5.74) is 0. The summed E-state index contributed by atoms with van der Waals surface area (Å²) in [6.07, 6.45) is 63.4. The molecule has 0 aliphatic carbocycles. The van der Waals surface area contributed by atoms with E-state index in [-0.39, 0.29) is 31.1 Å². The van der Waals surface area contributed by atoms with Crippen LogP contribution in [0, 0.1) is 0 Å². The van der Waals surface area contributed by atoms with Gasteiger partial charge >= 0.3 is 17.9 Å². The van der Waals surface area contributed by atoms with Crippen LogP contribution in [0.5, 0.6) is 0 Å². The van der Waals surface area contributed by atoms with Crippen molar-refractivity contribution in [1.82, 2.24) is 0 Å². The Morgan fingerprint density at radius 3 is 1.00 bits per heavy atom. The zero-order valence-electron chi connectivity index (χ0n) is 41.6. The molecule has 0 amide bonds. The standard InChI is InChI=1S/C57H100O6/c1-4-7-10-13-16-19-22-25-28-30-32-35-38-41-44-47-50-56(59)62-53-54(52-61-55(58)49-46-43-40-37-34-31-27-24-21-18-15-12-9-6-3)63-57(60)51-48-45-42-39-36-33-29-26-23-20-17-14-11-8-5-2/h9,12,18,20-21,23,27-28,30-31,54H,4-8,10-11,13-17,19,22,24-26,29,32-53H2,1-3H3/b12-9-,21-18-,23-20-,30-28-,31-27-. The van der Waals surface area contributed by atoms with E-state index in [0.29, 0.717) is 19.3 Å². The molecule has 0 bridgehead atoms. The quantitative estimate of drug-likeness (QED) is 0.0262. The van der Waals surface area contributed by atoms with Gasteiger partial charge in [-0.3, -0.25) is 14.4 Å². The van der Waals surface area contributed by atoms with Crippen LogP contribution in [0.2, 0.25) is 0 Å². The lowest BCUT2D eigenvalue weighted by molar-refractivity contribution is -0.167. The number of hydrogen-bond acceptors (Lipinski definition) is 6. The van der Waals surface area contributed by atoms with Crippen molar-refractivity contribution in [2.45, 2.75) is 271 Å². The summed E-state index contributed by atoms with van der Waals surface area (Å²) >= 11 is 0. The van der Waals surface area contributed by atoms with Crippen molar-refractivity contribution in [3.05, 3.63) is 60.8 Å². The molecule has 0 saturated carbocycles. The number of unbranched alkanes of at least 4 members (excludes halogenated alkanes) is 27. The van der Waals surface area contributed by atoms with Gasteiger partial charge in [0.1, 0.15) is 13.2 Å². The van der Waals surface area contributed by atoms with Gasteiger partial charge in [0.2, 0.25) is 0 Å². The highest BCUT2D eigenvalue weighted by atomic mass is 16.6. The van der Waals surface area contributed by atoms with E-state index in [0.717, 1.165) is 96.3 Å². The molecule has 0 saturated heterocycles. The molecule has 0 fully saturated rings. The summed E-state index contributed by atoms with van der Waals surface area (Å²) < 4.78 is 16.8. The van der Waals surface area contributed by atoms with Crippen LogP contribution in [0.25, 0.3) is 0 Å². The van der Waals surface area contributed by atoms with Crippen LogP contribution in [0.3, 0.4) is 0 Å². The van der Waals surface area contributed by atoms with E-state index in [4.69, 9.17) is 14.2 Å². The van der Waals surface area contributed by atoms with Crippen LogP contribution >= 0.6 is 0 Å². The van der Waals surface area contributed by atoms with Crippen LogP contribution in [-0.2, 0) is 28.6 Å². The van der Waals surface area contributed by atoms with Crippen molar-refractivity contribution in [1.29, 1.82) is 0 Å². The second-order valence-corrected chi connectivity index (χ2v) is 17.7. The third-order valence-electron chi connectivity index (χ3n) is 11.5. The molecule has 1 unspecified atom stereocenters. The molecule has 0 aromatic rings. The van der Waals surface area contributed by atoms with Crippen molar-refractivity contribution in [3.63, 3.8) is 0 Å². The lowest BCUT2D eigenvalue weighted by Gasteiger charge is -2.18. The number of hydrogen-bond donors (Lipinski definition) is 0. The van der Waals surface area contributed by atoms with Gasteiger partial charge in [-0.25, -0.2) is 0 Å². The van der Waals surface area contributed by atoms with Gasteiger partial charge in [-0.1, -0.05) is 204 Å². The van der Waals surface area contributed by atoms with E-state index in [2.05, 4.69) is 81.5 Å². The topological polar surface area (TPSA) is 78.9 Å². The van der Waals surface area contributed by atoms with Crippen molar-refractivity contribution < 1.29 is 28.6 Å². The fourth-order valence-electron chi connectivity index (χ4n) is 7.45. The number of ether oxygens (including phenoxy) is 3. The zero-order chi connectivity index (χ0) is 45.8. The van der Waals surface area contributed by atoms with Crippen LogP contribution in [0.4, 0.5) is 0 Å². The highest BCUT2D eigenvalue weighted by molar-refractivity contribution is 5.71. The van der Waals surface area contributed by atoms with E-state index < -0.39 is 6.10 Å². The molecule has 0 radical (unpaired) electrons. The molecule has 0 rings (SSSR count). The van der Waals surface area contributed by atoms with Gasteiger partial charge < -0.3 is 14.2 Å². The van der Waals surface area contributed by atoms with Gasteiger partial charge in [0.05, 0.1) is 0 Å². The molecule has 0 N–H and O–H groups in total. The minimum absolute atomic E-state index is 0.0870. The molecule has 0 spiro atoms. The molecule has 1 atom stereocenters. The highest BCUT2D eigenvalue weighted by Crippen LogP contribution is 2.14. The molecule has 63 heavy (non-hydrogen) atoms. The Morgan fingerprint density at radius 1 is 0.333 bits per heavy atom. The molecule has 6 nitrogen and oxygen atoms in total. The first-order chi connectivity index (χ1) is 31.0. The second kappa shape index (κ2) is 51.7. The number of carbonyl (C=O) groups excluding carboxylic acids is 3. The summed E-state index contributed by atoms with van der Waals surface area (Å²) in [5.74, 6) is -0.916. The van der Waals surface area contributed by atoms with Gasteiger partial charge in [0, 0.05) is 19.3 Å². The third kappa shape index (κ3) is 50.0. The molecule has 0 aromatic carbocycles. The zero-order valence-corrected chi connectivity index (χ0v) is 41.6. The fraction of sp³-hybridized carbons (Fsp3) is 0.772. The highest BCUT2D eigenvalue weighted by Gasteiger charge is 2.19. The smallest absolute Gasteiger partial charge is 0.306 e. The molecule has 0 aliphatic heterocycles. The first-order valence-electron chi connectivity index (χ1n) is 26.8. The lowest BCUT2D eigenvalue weighted by atomic mass is 10.1. The Morgan fingerprint density at radius 2 is 0.619 bits per heavy atom. The molecule has 0 aliphatic rings. The minimum atomic E-state index is -0.788. The second-order valence-electron chi connectivity index (χ2n) is 17.7. The normalized spacial score (nSPS) is 12.5. The van der Waals surface area contributed by atoms with Gasteiger partial charge in [0.15, 0.2) is 6.10 Å². The Balaban J connectivity index is 4.42. The summed E-state index contributed by atoms with van der Waals surface area (Å²) in [6, 6.07) is 0. The van der Waals surface area contributed by atoms with Gasteiger partial charge in [-0.05, 0) is 103 Å². The molecule has 0 heterocycles. The third-order valence-corrected chi connectivity index (χ3v) is 11.5. The van der Waals surface area contributed by atoms with Crippen LogP contribution in [0.1, 0.15) is 265 Å². The van der Waals surface area contributed by atoms with Gasteiger partial charge in [0.25, 0.3) is 0 Å². The molecule has 6 heteroatoms. The number of esters is 3. The summed E-state index contributed by atoms with van der Waals surface area (Å²) in [5, 5.41) is 0. The maximum Gasteiger partial charge on any atom is 0.306 e. The first kappa shape index (κ1) is 60.1. The largest absolute Gasteiger partial charge is 0.462 e. The fourth-order valence-corrected chi connectivity index (χ4v) is 7.45. The van der Waals surface area contributed by atoms with Crippen LogP contribution in [-0.4, -0.2) is 37.2 Å². The Bertz CT molecular complexity index is 1150. The average molecular weight is 881 g/mol. The molecular weight excluding hydrogens is 781 g/mol. The number of allylic oxidation sites excluding steroid dienone is 10. The lowest BCUT2D eigenvalue weighted by Crippen LogP contribution is -2.30. The average Bonchev–Trinajstić information content (AvgIpc) is 3.28. The summed E-state index contributed by atoms with van der Waals surface area (Å²) in [7, 11) is 0. The minimum Gasteiger partial charge on any atom is -0.462 e. The summed E-state index contributed by atoms with van der Waals surface area (Å²) in [4.78, 5) is 38.0. The molecular formula is C57H100O6. The van der Waals surface area contributed by atoms with Crippen LogP contribution < -0.4 is 0 Å². The SMILES string of the molecule is CC/C=C\C/C=C\C/C=C\CCCCCCC(=O)OCC(COC(=O)CCCCCCC/C=C\CCCCCCCCC)OC(=O)CCCCCCCCC/C=C\CCCCCC. The first-order valence-corrected chi connectivity index (χ1v) is 26.8. The maximum atomic E-state index is 12.8. The molecule has 0 aromatic heterocycles.